The van der Waals surface area contributed by atoms with Crippen molar-refractivity contribution in [3.63, 3.8) is 0 Å². The summed E-state index contributed by atoms with van der Waals surface area (Å²) in [7, 11) is -0.422. The first-order valence-corrected chi connectivity index (χ1v) is 6.26. The fraction of sp³-hybridized carbons (Fsp3) is 0.300. The lowest BCUT2D eigenvalue weighted by Crippen LogP contribution is -2.30. The van der Waals surface area contributed by atoms with Crippen LogP contribution in [0.2, 0.25) is 0 Å². The van der Waals surface area contributed by atoms with Crippen molar-refractivity contribution in [2.45, 2.75) is 11.8 Å². The zero-order valence-corrected chi connectivity index (χ0v) is 8.74. The molecule has 0 bridgehead atoms. The molecular formula is C10H16N2P+. The van der Waals surface area contributed by atoms with Crippen LogP contribution in [0, 0.1) is 0 Å². The van der Waals surface area contributed by atoms with Gasteiger partial charge < -0.3 is 5.73 Å². The van der Waals surface area contributed by atoms with Crippen molar-refractivity contribution in [3.8, 4) is 0 Å². The Hall–Kier alpha value is -0.690. The van der Waals surface area contributed by atoms with Crippen LogP contribution in [0.4, 0.5) is 0 Å². The summed E-state index contributed by atoms with van der Waals surface area (Å²) in [5, 5.41) is 0. The summed E-state index contributed by atoms with van der Waals surface area (Å²) < 4.78 is 0. The molecule has 0 aliphatic heterocycles. The molecule has 0 saturated heterocycles. The van der Waals surface area contributed by atoms with Gasteiger partial charge in [-0.1, -0.05) is 30.3 Å². The molecule has 3 heteroatoms. The van der Waals surface area contributed by atoms with Gasteiger partial charge in [-0.25, -0.2) is 0 Å². The molecule has 3 atom stereocenters. The van der Waals surface area contributed by atoms with Gasteiger partial charge in [0.05, 0.1) is 19.0 Å². The van der Waals surface area contributed by atoms with E-state index in [9.17, 15) is 0 Å². The normalized spacial score (nSPS) is 16.4. The SMILES string of the molecule is C=[P+](C)C(N)C(N)c1ccccc1. The Labute approximate surface area is 80.3 Å². The molecule has 0 fully saturated rings. The second-order valence-corrected chi connectivity index (χ2v) is 5.29. The summed E-state index contributed by atoms with van der Waals surface area (Å²) in [6.07, 6.45) is 3.94. The average molecular weight is 195 g/mol. The number of rotatable bonds is 3. The van der Waals surface area contributed by atoms with Crippen molar-refractivity contribution in [2.75, 3.05) is 6.66 Å². The van der Waals surface area contributed by atoms with Crippen LogP contribution in [0.25, 0.3) is 0 Å². The minimum atomic E-state index is -0.422. The van der Waals surface area contributed by atoms with Crippen LogP contribution in [0.3, 0.4) is 0 Å². The van der Waals surface area contributed by atoms with Crippen LogP contribution in [-0.2, 0) is 0 Å². The van der Waals surface area contributed by atoms with E-state index in [1.807, 2.05) is 37.0 Å². The Balaban J connectivity index is 2.79. The van der Waals surface area contributed by atoms with Crippen molar-refractivity contribution in [3.05, 3.63) is 35.9 Å². The van der Waals surface area contributed by atoms with E-state index >= 15 is 0 Å². The Bertz CT molecular complexity index is 284. The molecule has 0 heterocycles. The summed E-state index contributed by atoms with van der Waals surface area (Å²) in [6, 6.07) is 9.84. The molecule has 1 aromatic rings. The van der Waals surface area contributed by atoms with E-state index in [0.717, 1.165) is 5.56 Å². The Morgan fingerprint density at radius 3 is 2.23 bits per heavy atom. The number of hydrogen-bond acceptors (Lipinski definition) is 2. The van der Waals surface area contributed by atoms with E-state index in [1.54, 1.807) is 0 Å². The van der Waals surface area contributed by atoms with Crippen molar-refractivity contribution < 1.29 is 0 Å². The minimum Gasteiger partial charge on any atom is -0.319 e. The molecule has 0 radical (unpaired) electrons. The highest BCUT2D eigenvalue weighted by atomic mass is 31.1. The molecule has 4 N–H and O–H groups in total. The lowest BCUT2D eigenvalue weighted by Gasteiger charge is -2.13. The van der Waals surface area contributed by atoms with Gasteiger partial charge in [-0.2, -0.15) is 0 Å². The minimum absolute atomic E-state index is 0.0163. The number of nitrogens with two attached hydrogens (primary N) is 2. The summed E-state index contributed by atoms with van der Waals surface area (Å²) in [5.41, 5.74) is 13.0. The van der Waals surface area contributed by atoms with Crippen LogP contribution in [-0.4, -0.2) is 18.7 Å². The van der Waals surface area contributed by atoms with Gasteiger partial charge in [0.15, 0.2) is 5.78 Å². The highest BCUT2D eigenvalue weighted by Gasteiger charge is 2.22. The predicted molar refractivity (Wildman–Crippen MR) is 61.3 cm³/mol. The molecule has 0 spiro atoms. The first kappa shape index (κ1) is 10.4. The average Bonchev–Trinajstić information content (AvgIpc) is 2.17. The molecule has 3 unspecified atom stereocenters. The van der Waals surface area contributed by atoms with Crippen LogP contribution in [0.1, 0.15) is 11.6 Å². The topological polar surface area (TPSA) is 52.0 Å². The zero-order chi connectivity index (χ0) is 9.84. The molecule has 0 aliphatic carbocycles. The number of hydrogen-bond donors (Lipinski definition) is 2. The van der Waals surface area contributed by atoms with Gasteiger partial charge in [0.25, 0.3) is 0 Å². The van der Waals surface area contributed by atoms with Crippen LogP contribution in [0.15, 0.2) is 30.3 Å². The van der Waals surface area contributed by atoms with Gasteiger partial charge in [-0.05, 0) is 5.56 Å². The molecule has 1 aromatic carbocycles. The smallest absolute Gasteiger partial charge is 0.183 e. The maximum atomic E-state index is 5.99. The third-order valence-corrected chi connectivity index (χ3v) is 3.40. The second-order valence-electron chi connectivity index (χ2n) is 3.18. The van der Waals surface area contributed by atoms with Gasteiger partial charge >= 0.3 is 0 Å². The molecular weight excluding hydrogens is 179 g/mol. The second kappa shape index (κ2) is 4.52. The van der Waals surface area contributed by atoms with Crippen LogP contribution < -0.4 is 11.5 Å². The van der Waals surface area contributed by atoms with E-state index in [4.69, 9.17) is 11.5 Å². The summed E-state index contributed by atoms with van der Waals surface area (Å²) >= 11 is 0. The van der Waals surface area contributed by atoms with Gasteiger partial charge in [-0.15, -0.1) is 0 Å². The summed E-state index contributed by atoms with van der Waals surface area (Å²) in [5.74, 6) is -0.0163. The third-order valence-electron chi connectivity index (χ3n) is 2.06. The number of benzene rings is 1. The molecule has 2 nitrogen and oxygen atoms in total. The maximum Gasteiger partial charge on any atom is 0.183 e. The van der Waals surface area contributed by atoms with Gasteiger partial charge in [-0.3, -0.25) is 5.73 Å². The Morgan fingerprint density at radius 2 is 1.77 bits per heavy atom. The molecule has 0 aliphatic rings. The Morgan fingerprint density at radius 1 is 1.23 bits per heavy atom. The molecule has 0 saturated carbocycles. The lowest BCUT2D eigenvalue weighted by atomic mass is 10.1. The van der Waals surface area contributed by atoms with Crippen molar-refractivity contribution >= 4 is 13.8 Å². The standard InChI is InChI=1S/C10H16N2P/c1-13(2)10(12)9(11)8-6-4-3-5-7-8/h3-7,9-10H,1,11-12H2,2H3/q+1. The van der Waals surface area contributed by atoms with Crippen molar-refractivity contribution in [1.82, 2.24) is 0 Å². The molecule has 13 heavy (non-hydrogen) atoms. The van der Waals surface area contributed by atoms with Crippen molar-refractivity contribution in [1.29, 1.82) is 0 Å². The highest BCUT2D eigenvalue weighted by Crippen LogP contribution is 2.27. The fourth-order valence-electron chi connectivity index (χ4n) is 1.15. The highest BCUT2D eigenvalue weighted by molar-refractivity contribution is 7.55. The zero-order valence-electron chi connectivity index (χ0n) is 7.85. The lowest BCUT2D eigenvalue weighted by molar-refractivity contribution is 0.690. The van der Waals surface area contributed by atoms with Crippen LogP contribution in [0.5, 0.6) is 0 Å². The van der Waals surface area contributed by atoms with E-state index in [2.05, 4.69) is 6.30 Å². The van der Waals surface area contributed by atoms with E-state index in [1.165, 1.54) is 0 Å². The monoisotopic (exact) mass is 195 g/mol. The van der Waals surface area contributed by atoms with E-state index in [0.29, 0.717) is 0 Å². The molecule has 0 amide bonds. The molecule has 0 aromatic heterocycles. The first-order chi connectivity index (χ1) is 6.13. The largest absolute Gasteiger partial charge is 0.319 e. The first-order valence-electron chi connectivity index (χ1n) is 4.22. The van der Waals surface area contributed by atoms with Gasteiger partial charge in [0.2, 0.25) is 0 Å². The van der Waals surface area contributed by atoms with E-state index < -0.39 is 7.55 Å². The predicted octanol–water partition coefficient (Wildman–Crippen LogP) is 1.51. The molecule has 1 rings (SSSR count). The third kappa shape index (κ3) is 2.63. The molecule has 70 valence electrons. The fourth-order valence-corrected chi connectivity index (χ4v) is 1.87. The summed E-state index contributed by atoms with van der Waals surface area (Å²) in [6.45, 7) is 2.04. The quantitative estimate of drug-likeness (QED) is 0.718. The Kier molecular flexibility index (Phi) is 3.61. The van der Waals surface area contributed by atoms with E-state index in [-0.39, 0.29) is 11.8 Å². The maximum absolute atomic E-state index is 5.99. The van der Waals surface area contributed by atoms with Crippen molar-refractivity contribution in [2.24, 2.45) is 11.5 Å². The van der Waals surface area contributed by atoms with Crippen LogP contribution >= 0.6 is 7.55 Å². The van der Waals surface area contributed by atoms with Gasteiger partial charge in [0.1, 0.15) is 7.55 Å². The van der Waals surface area contributed by atoms with Gasteiger partial charge in [0, 0.05) is 0 Å². The summed E-state index contributed by atoms with van der Waals surface area (Å²) in [4.78, 5) is 0.